The molecule has 4 rings (SSSR count). The maximum atomic E-state index is 13.1. The van der Waals surface area contributed by atoms with E-state index in [4.69, 9.17) is 5.26 Å². The van der Waals surface area contributed by atoms with Gasteiger partial charge in [-0.25, -0.2) is 4.98 Å². The van der Waals surface area contributed by atoms with E-state index in [1.54, 1.807) is 18.4 Å². The van der Waals surface area contributed by atoms with Crippen molar-refractivity contribution >= 4 is 33.3 Å². The average molecular weight is 382 g/mol. The third-order valence-electron chi connectivity index (χ3n) is 4.98. The van der Waals surface area contributed by atoms with Gasteiger partial charge in [0.15, 0.2) is 0 Å². The largest absolute Gasteiger partial charge is 0.308 e. The number of carbonyl (C=O) groups is 1. The Morgan fingerprint density at radius 3 is 3.04 bits per heavy atom. The summed E-state index contributed by atoms with van der Waals surface area (Å²) in [6.45, 7) is 1.84. The number of nitrogens with zero attached hydrogens (tertiary/aromatic N) is 5. The van der Waals surface area contributed by atoms with Gasteiger partial charge in [0.1, 0.15) is 28.3 Å². The van der Waals surface area contributed by atoms with Gasteiger partial charge in [-0.3, -0.25) is 18.8 Å². The molecule has 1 aliphatic carbocycles. The monoisotopic (exact) mass is 382 g/mol. The highest BCUT2D eigenvalue weighted by Crippen LogP contribution is 2.34. The van der Waals surface area contributed by atoms with E-state index >= 15 is 0 Å². The molecule has 1 N–H and O–H groups in total. The van der Waals surface area contributed by atoms with Gasteiger partial charge in [-0.05, 0) is 31.2 Å². The van der Waals surface area contributed by atoms with Crippen molar-refractivity contribution in [3.8, 4) is 6.07 Å². The molecule has 8 nitrogen and oxygen atoms in total. The van der Waals surface area contributed by atoms with Gasteiger partial charge in [0, 0.05) is 11.9 Å². The van der Waals surface area contributed by atoms with Crippen LogP contribution in [-0.2, 0) is 24.7 Å². The first-order chi connectivity index (χ1) is 13.0. The van der Waals surface area contributed by atoms with Crippen LogP contribution in [0.3, 0.4) is 0 Å². The zero-order valence-corrected chi connectivity index (χ0v) is 15.8. The van der Waals surface area contributed by atoms with E-state index in [1.165, 1.54) is 26.7 Å². The predicted molar refractivity (Wildman–Crippen MR) is 102 cm³/mol. The number of aryl methyl sites for hydroxylation is 3. The minimum Gasteiger partial charge on any atom is -0.308 e. The topological polar surface area (TPSA) is 106 Å². The van der Waals surface area contributed by atoms with Crippen molar-refractivity contribution in [2.24, 2.45) is 7.05 Å². The van der Waals surface area contributed by atoms with Crippen molar-refractivity contribution in [3.63, 3.8) is 0 Å². The van der Waals surface area contributed by atoms with E-state index in [0.29, 0.717) is 17.6 Å². The molecule has 1 atom stereocenters. The molecule has 0 bridgehead atoms. The van der Waals surface area contributed by atoms with Gasteiger partial charge < -0.3 is 5.32 Å². The molecule has 0 radical (unpaired) electrons. The fourth-order valence-electron chi connectivity index (χ4n) is 3.60. The highest BCUT2D eigenvalue weighted by Gasteiger charge is 2.26. The van der Waals surface area contributed by atoms with Crippen LogP contribution in [0.15, 0.2) is 17.3 Å². The second-order valence-corrected chi connectivity index (χ2v) is 7.63. The number of carbonyl (C=O) groups excluding carboxylic acids is 1. The van der Waals surface area contributed by atoms with Crippen LogP contribution in [-0.4, -0.2) is 25.2 Å². The number of hydrogen-bond donors (Lipinski definition) is 1. The molecule has 0 saturated carbocycles. The molecule has 27 heavy (non-hydrogen) atoms. The number of nitrogens with one attached hydrogen (secondary N) is 1. The van der Waals surface area contributed by atoms with Gasteiger partial charge in [0.2, 0.25) is 5.91 Å². The van der Waals surface area contributed by atoms with Gasteiger partial charge in [-0.15, -0.1) is 11.3 Å². The molecule has 0 aliphatic heterocycles. The molecule has 0 spiro atoms. The van der Waals surface area contributed by atoms with Gasteiger partial charge in [-0.1, -0.05) is 6.92 Å². The van der Waals surface area contributed by atoms with E-state index < -0.39 is 6.04 Å². The van der Waals surface area contributed by atoms with Crippen LogP contribution >= 0.6 is 11.3 Å². The van der Waals surface area contributed by atoms with Crippen LogP contribution in [0.1, 0.15) is 41.8 Å². The minimum absolute atomic E-state index is 0.174. The molecule has 3 aromatic rings. The van der Waals surface area contributed by atoms with Crippen molar-refractivity contribution < 1.29 is 4.79 Å². The number of anilines is 1. The van der Waals surface area contributed by atoms with Crippen LogP contribution in [0, 0.1) is 11.3 Å². The summed E-state index contributed by atoms with van der Waals surface area (Å²) in [5.74, 6) is -0.0489. The molecular weight excluding hydrogens is 364 g/mol. The quantitative estimate of drug-likeness (QED) is 0.744. The number of rotatable bonds is 4. The van der Waals surface area contributed by atoms with Gasteiger partial charge in [0.25, 0.3) is 5.56 Å². The van der Waals surface area contributed by atoms with Crippen LogP contribution in [0.25, 0.3) is 10.2 Å². The summed E-state index contributed by atoms with van der Waals surface area (Å²) in [6, 6.07) is 1.29. The molecule has 138 valence electrons. The molecule has 0 aromatic carbocycles. The lowest BCUT2D eigenvalue weighted by Gasteiger charge is -2.18. The van der Waals surface area contributed by atoms with E-state index in [2.05, 4.69) is 15.4 Å². The lowest BCUT2D eigenvalue weighted by molar-refractivity contribution is -0.119. The van der Waals surface area contributed by atoms with E-state index in [1.807, 2.05) is 13.0 Å². The summed E-state index contributed by atoms with van der Waals surface area (Å²) >= 11 is 1.58. The minimum atomic E-state index is -0.715. The van der Waals surface area contributed by atoms with Gasteiger partial charge in [-0.2, -0.15) is 10.4 Å². The Balaban J connectivity index is 1.73. The Labute approximate surface area is 159 Å². The third kappa shape index (κ3) is 2.73. The zero-order chi connectivity index (χ0) is 19.1. The number of aromatic nitrogens is 4. The maximum Gasteiger partial charge on any atom is 0.263 e. The Bertz CT molecular complexity index is 1150. The summed E-state index contributed by atoms with van der Waals surface area (Å²) in [5, 5.41) is 16.5. The standard InChI is InChI=1S/C18H18N6O2S/c1-3-12(16(25)22-15-10(7-19)8-21-23(15)2)24-9-20-17-14(18(24)26)11-5-4-6-13(11)27-17/h8-9,12H,3-6H2,1-2H3,(H,22,25). The van der Waals surface area contributed by atoms with Crippen molar-refractivity contribution in [3.05, 3.63) is 38.9 Å². The predicted octanol–water partition coefficient (Wildman–Crippen LogP) is 2.14. The first-order valence-corrected chi connectivity index (χ1v) is 9.61. The molecule has 1 amide bonds. The molecule has 3 aromatic heterocycles. The highest BCUT2D eigenvalue weighted by atomic mass is 32.1. The average Bonchev–Trinajstić information content (AvgIpc) is 3.33. The summed E-state index contributed by atoms with van der Waals surface area (Å²) in [5.41, 5.74) is 1.19. The summed E-state index contributed by atoms with van der Waals surface area (Å²) in [7, 11) is 1.64. The molecule has 9 heteroatoms. The van der Waals surface area contributed by atoms with Crippen molar-refractivity contribution in [2.75, 3.05) is 5.32 Å². The first-order valence-electron chi connectivity index (χ1n) is 8.79. The molecular formula is C18H18N6O2S. The zero-order valence-electron chi connectivity index (χ0n) is 15.0. The van der Waals surface area contributed by atoms with E-state index in [-0.39, 0.29) is 17.0 Å². The van der Waals surface area contributed by atoms with Crippen molar-refractivity contribution in [1.82, 2.24) is 19.3 Å². The molecule has 1 unspecified atom stereocenters. The van der Waals surface area contributed by atoms with E-state index in [0.717, 1.165) is 29.7 Å². The number of fused-ring (bicyclic) bond motifs is 3. The van der Waals surface area contributed by atoms with E-state index in [9.17, 15) is 9.59 Å². The second kappa shape index (κ2) is 6.63. The van der Waals surface area contributed by atoms with Crippen LogP contribution < -0.4 is 10.9 Å². The highest BCUT2D eigenvalue weighted by molar-refractivity contribution is 7.18. The number of hydrogen-bond acceptors (Lipinski definition) is 6. The Hall–Kier alpha value is -2.99. The van der Waals surface area contributed by atoms with Crippen molar-refractivity contribution in [1.29, 1.82) is 5.26 Å². The normalized spacial score (nSPS) is 14.1. The van der Waals surface area contributed by atoms with Crippen LogP contribution in [0.4, 0.5) is 5.82 Å². The number of thiophene rings is 1. The summed E-state index contributed by atoms with van der Waals surface area (Å²) < 4.78 is 2.84. The van der Waals surface area contributed by atoms with Gasteiger partial charge in [0.05, 0.1) is 17.9 Å². The Morgan fingerprint density at radius 1 is 1.48 bits per heavy atom. The molecule has 0 saturated heterocycles. The number of nitriles is 1. The fraction of sp³-hybridized carbons (Fsp3) is 0.389. The summed E-state index contributed by atoms with van der Waals surface area (Å²) in [6.07, 6.45) is 6.21. The lowest BCUT2D eigenvalue weighted by Crippen LogP contribution is -2.33. The molecule has 3 heterocycles. The molecule has 1 aliphatic rings. The second-order valence-electron chi connectivity index (χ2n) is 6.55. The molecule has 0 fully saturated rings. The van der Waals surface area contributed by atoms with Gasteiger partial charge >= 0.3 is 0 Å². The maximum absolute atomic E-state index is 13.1. The Morgan fingerprint density at radius 2 is 2.30 bits per heavy atom. The first kappa shape index (κ1) is 17.4. The lowest BCUT2D eigenvalue weighted by atomic mass is 10.1. The smallest absolute Gasteiger partial charge is 0.263 e. The SMILES string of the molecule is CCC(C(=O)Nc1c(C#N)cnn1C)n1cnc2sc3c(c2c1=O)CCC3. The van der Waals surface area contributed by atoms with Crippen molar-refractivity contribution in [2.45, 2.75) is 38.6 Å². The van der Waals surface area contributed by atoms with Crippen LogP contribution in [0.2, 0.25) is 0 Å². The number of amides is 1. The third-order valence-corrected chi connectivity index (χ3v) is 6.18. The van der Waals surface area contributed by atoms with Crippen LogP contribution in [0.5, 0.6) is 0 Å². The Kier molecular flexibility index (Phi) is 4.28. The summed E-state index contributed by atoms with van der Waals surface area (Å²) in [4.78, 5) is 32.4. The fourth-order valence-corrected chi connectivity index (χ4v) is 4.82.